The molecule has 0 aliphatic heterocycles. The molecule has 0 spiro atoms. The Kier molecular flexibility index (Phi) is 6.83. The molecule has 0 atom stereocenters. The van der Waals surface area contributed by atoms with E-state index in [4.69, 9.17) is 9.47 Å². The first-order chi connectivity index (χ1) is 8.74. The van der Waals surface area contributed by atoms with Gasteiger partial charge in [-0.2, -0.15) is 0 Å². The molecule has 0 radical (unpaired) electrons. The molecular formula is C13H19NO4. The largest absolute Gasteiger partial charge is 0.508 e. The highest BCUT2D eigenvalue weighted by atomic mass is 16.5. The van der Waals surface area contributed by atoms with E-state index in [0.29, 0.717) is 31.9 Å². The van der Waals surface area contributed by atoms with Crippen LogP contribution in [0.25, 0.3) is 0 Å². The predicted molar refractivity (Wildman–Crippen MR) is 67.8 cm³/mol. The number of carbonyl (C=O) groups excluding carboxylic acids is 1. The Morgan fingerprint density at radius 1 is 1.33 bits per heavy atom. The van der Waals surface area contributed by atoms with E-state index in [0.717, 1.165) is 6.42 Å². The Bertz CT molecular complexity index is 368. The van der Waals surface area contributed by atoms with Crippen LogP contribution in [0.4, 0.5) is 0 Å². The van der Waals surface area contributed by atoms with Crippen LogP contribution in [-0.4, -0.2) is 44.5 Å². The summed E-state index contributed by atoms with van der Waals surface area (Å²) in [5.41, 5.74) is 0.454. The van der Waals surface area contributed by atoms with E-state index in [1.807, 2.05) is 0 Å². The number of nitrogens with one attached hydrogen (secondary N) is 1. The fraction of sp³-hybridized carbons (Fsp3) is 0.462. The third kappa shape index (κ3) is 5.65. The number of benzene rings is 1. The van der Waals surface area contributed by atoms with Gasteiger partial charge < -0.3 is 19.9 Å². The van der Waals surface area contributed by atoms with E-state index in [-0.39, 0.29) is 11.7 Å². The van der Waals surface area contributed by atoms with Gasteiger partial charge in [0, 0.05) is 25.8 Å². The zero-order valence-electron chi connectivity index (χ0n) is 10.5. The van der Waals surface area contributed by atoms with Gasteiger partial charge >= 0.3 is 0 Å². The van der Waals surface area contributed by atoms with Crippen molar-refractivity contribution in [3.8, 4) is 5.75 Å². The van der Waals surface area contributed by atoms with E-state index in [2.05, 4.69) is 5.32 Å². The molecular weight excluding hydrogens is 234 g/mol. The lowest BCUT2D eigenvalue weighted by Gasteiger charge is -2.06. The van der Waals surface area contributed by atoms with Crippen molar-refractivity contribution in [2.75, 3.05) is 33.5 Å². The Morgan fingerprint density at radius 3 is 2.89 bits per heavy atom. The van der Waals surface area contributed by atoms with Crippen molar-refractivity contribution >= 4 is 5.91 Å². The molecule has 0 aliphatic rings. The summed E-state index contributed by atoms with van der Waals surface area (Å²) in [7, 11) is 1.62. The minimum Gasteiger partial charge on any atom is -0.508 e. The van der Waals surface area contributed by atoms with E-state index in [9.17, 15) is 9.90 Å². The van der Waals surface area contributed by atoms with Crippen molar-refractivity contribution in [2.45, 2.75) is 6.42 Å². The summed E-state index contributed by atoms with van der Waals surface area (Å²) >= 11 is 0. The first-order valence-corrected chi connectivity index (χ1v) is 5.88. The molecule has 1 aromatic rings. The van der Waals surface area contributed by atoms with Gasteiger partial charge in [0.15, 0.2) is 0 Å². The number of hydrogen-bond acceptors (Lipinski definition) is 4. The number of phenolic OH excluding ortho intramolecular Hbond substituents is 1. The second-order valence-corrected chi connectivity index (χ2v) is 3.76. The van der Waals surface area contributed by atoms with Crippen LogP contribution in [0.5, 0.6) is 5.75 Å². The monoisotopic (exact) mass is 253 g/mol. The number of phenols is 1. The molecule has 18 heavy (non-hydrogen) atoms. The van der Waals surface area contributed by atoms with Gasteiger partial charge in [0.1, 0.15) is 5.75 Å². The zero-order valence-corrected chi connectivity index (χ0v) is 10.5. The molecule has 1 amide bonds. The number of hydrogen-bond donors (Lipinski definition) is 2. The Labute approximate surface area is 107 Å². The summed E-state index contributed by atoms with van der Waals surface area (Å²) < 4.78 is 10.1. The quantitative estimate of drug-likeness (QED) is 0.683. The molecule has 1 rings (SSSR count). The molecule has 0 aromatic heterocycles. The summed E-state index contributed by atoms with van der Waals surface area (Å²) in [5.74, 6) is -0.103. The minimum atomic E-state index is -0.192. The fourth-order valence-corrected chi connectivity index (χ4v) is 1.37. The van der Waals surface area contributed by atoms with Gasteiger partial charge in [0.05, 0.1) is 13.2 Å². The lowest BCUT2D eigenvalue weighted by atomic mass is 10.2. The molecule has 0 saturated heterocycles. The predicted octanol–water partition coefficient (Wildman–Crippen LogP) is 1.18. The van der Waals surface area contributed by atoms with Gasteiger partial charge in [-0.15, -0.1) is 0 Å². The molecule has 0 heterocycles. The fourth-order valence-electron chi connectivity index (χ4n) is 1.37. The average Bonchev–Trinajstić information content (AvgIpc) is 2.37. The summed E-state index contributed by atoms with van der Waals surface area (Å²) in [6.45, 7) is 2.28. The molecule has 2 N–H and O–H groups in total. The van der Waals surface area contributed by atoms with Crippen molar-refractivity contribution in [2.24, 2.45) is 0 Å². The minimum absolute atomic E-state index is 0.0885. The highest BCUT2D eigenvalue weighted by Gasteiger charge is 2.04. The number of carbonyl (C=O) groups is 1. The van der Waals surface area contributed by atoms with E-state index in [1.54, 1.807) is 19.2 Å². The van der Waals surface area contributed by atoms with Crippen molar-refractivity contribution < 1.29 is 19.4 Å². The normalized spacial score (nSPS) is 10.3. The lowest BCUT2D eigenvalue weighted by Crippen LogP contribution is -2.25. The second-order valence-electron chi connectivity index (χ2n) is 3.76. The van der Waals surface area contributed by atoms with E-state index < -0.39 is 0 Å². The van der Waals surface area contributed by atoms with Gasteiger partial charge in [0.2, 0.25) is 0 Å². The van der Waals surface area contributed by atoms with Crippen molar-refractivity contribution in [1.29, 1.82) is 0 Å². The van der Waals surface area contributed by atoms with Crippen LogP contribution in [-0.2, 0) is 9.47 Å². The van der Waals surface area contributed by atoms with Gasteiger partial charge in [-0.1, -0.05) is 6.07 Å². The van der Waals surface area contributed by atoms with Crippen LogP contribution in [0, 0.1) is 0 Å². The molecule has 5 nitrogen and oxygen atoms in total. The summed E-state index contributed by atoms with van der Waals surface area (Å²) in [5, 5.41) is 12.0. The average molecular weight is 253 g/mol. The van der Waals surface area contributed by atoms with Crippen LogP contribution in [0.1, 0.15) is 16.8 Å². The lowest BCUT2D eigenvalue weighted by molar-refractivity contribution is 0.0688. The van der Waals surface area contributed by atoms with Crippen LogP contribution in [0.3, 0.4) is 0 Å². The van der Waals surface area contributed by atoms with Crippen LogP contribution in [0.15, 0.2) is 24.3 Å². The zero-order chi connectivity index (χ0) is 13.2. The highest BCUT2D eigenvalue weighted by Crippen LogP contribution is 2.10. The Hall–Kier alpha value is -1.59. The third-order valence-electron chi connectivity index (χ3n) is 2.29. The van der Waals surface area contributed by atoms with Crippen LogP contribution in [0.2, 0.25) is 0 Å². The summed E-state index contributed by atoms with van der Waals surface area (Å²) in [6, 6.07) is 6.26. The smallest absolute Gasteiger partial charge is 0.251 e. The molecule has 0 bridgehead atoms. The number of rotatable bonds is 8. The number of methoxy groups -OCH3 is 1. The molecule has 1 aromatic carbocycles. The van der Waals surface area contributed by atoms with Crippen molar-refractivity contribution in [3.05, 3.63) is 29.8 Å². The van der Waals surface area contributed by atoms with Gasteiger partial charge in [0.25, 0.3) is 5.91 Å². The molecule has 0 aliphatic carbocycles. The SMILES string of the molecule is COCCOCCCNC(=O)c1cccc(O)c1. The topological polar surface area (TPSA) is 67.8 Å². The second kappa shape index (κ2) is 8.49. The molecule has 100 valence electrons. The van der Waals surface area contributed by atoms with Gasteiger partial charge in [-0.25, -0.2) is 0 Å². The Morgan fingerprint density at radius 2 is 2.17 bits per heavy atom. The van der Waals surface area contributed by atoms with Gasteiger partial charge in [-0.05, 0) is 24.6 Å². The molecule has 0 unspecified atom stereocenters. The summed E-state index contributed by atoms with van der Waals surface area (Å²) in [6.07, 6.45) is 0.744. The van der Waals surface area contributed by atoms with Gasteiger partial charge in [-0.3, -0.25) is 4.79 Å². The third-order valence-corrected chi connectivity index (χ3v) is 2.29. The first kappa shape index (κ1) is 14.5. The highest BCUT2D eigenvalue weighted by molar-refractivity contribution is 5.94. The molecule has 0 saturated carbocycles. The molecule has 5 heteroatoms. The number of amides is 1. The number of ether oxygens (including phenoxy) is 2. The molecule has 0 fully saturated rings. The van der Waals surface area contributed by atoms with Crippen molar-refractivity contribution in [3.63, 3.8) is 0 Å². The number of aromatic hydroxyl groups is 1. The maximum atomic E-state index is 11.6. The maximum Gasteiger partial charge on any atom is 0.251 e. The van der Waals surface area contributed by atoms with Crippen molar-refractivity contribution in [1.82, 2.24) is 5.32 Å². The van der Waals surface area contributed by atoms with Crippen LogP contribution < -0.4 is 5.32 Å². The van der Waals surface area contributed by atoms with E-state index >= 15 is 0 Å². The van der Waals surface area contributed by atoms with Crippen LogP contribution >= 0.6 is 0 Å². The Balaban J connectivity index is 2.14. The maximum absolute atomic E-state index is 11.6. The summed E-state index contributed by atoms with van der Waals surface area (Å²) in [4.78, 5) is 11.6. The van der Waals surface area contributed by atoms with E-state index in [1.165, 1.54) is 12.1 Å². The first-order valence-electron chi connectivity index (χ1n) is 5.88. The standard InChI is InChI=1S/C13H19NO4/c1-17-8-9-18-7-3-6-14-13(16)11-4-2-5-12(15)10-11/h2,4-5,10,15H,3,6-9H2,1H3,(H,14,16).